The number of para-hydroxylation sites is 1. The number of hydrogen-bond donors (Lipinski definition) is 1. The molecular weight excluding hydrogens is 252 g/mol. The highest BCUT2D eigenvalue weighted by Crippen LogP contribution is 2.27. The molecule has 2 amide bonds. The predicted molar refractivity (Wildman–Crippen MR) is 79.9 cm³/mol. The van der Waals surface area contributed by atoms with E-state index in [0.717, 1.165) is 24.9 Å². The van der Waals surface area contributed by atoms with E-state index >= 15 is 0 Å². The summed E-state index contributed by atoms with van der Waals surface area (Å²) in [6.07, 6.45) is 3.12. The minimum Gasteiger partial charge on any atom is -0.338 e. The molecule has 0 aromatic heterocycles. The summed E-state index contributed by atoms with van der Waals surface area (Å²) in [5.41, 5.74) is 0.419. The molecule has 1 aromatic rings. The lowest BCUT2D eigenvalue weighted by atomic mass is 10.0. The van der Waals surface area contributed by atoms with Crippen molar-refractivity contribution in [1.82, 2.24) is 5.32 Å². The van der Waals surface area contributed by atoms with Crippen LogP contribution in [-0.2, 0) is 4.79 Å². The monoisotopic (exact) mass is 274 g/mol. The second-order valence-electron chi connectivity index (χ2n) is 5.76. The molecule has 1 aliphatic rings. The van der Waals surface area contributed by atoms with Gasteiger partial charge < -0.3 is 10.2 Å². The van der Waals surface area contributed by atoms with Crippen molar-refractivity contribution in [1.29, 1.82) is 0 Å². The Labute approximate surface area is 120 Å². The number of rotatable bonds is 4. The van der Waals surface area contributed by atoms with E-state index in [2.05, 4.69) is 12.2 Å². The molecule has 0 fully saturated rings. The first-order valence-corrected chi connectivity index (χ1v) is 7.21. The fraction of sp³-hybridized carbons (Fsp3) is 0.500. The van der Waals surface area contributed by atoms with Gasteiger partial charge in [0.05, 0.1) is 11.3 Å². The number of nitrogens with zero attached hydrogens (tertiary/aromatic N) is 1. The topological polar surface area (TPSA) is 49.4 Å². The molecule has 108 valence electrons. The summed E-state index contributed by atoms with van der Waals surface area (Å²) in [6, 6.07) is 7.31. The van der Waals surface area contributed by atoms with E-state index in [1.54, 1.807) is 24.8 Å². The van der Waals surface area contributed by atoms with Crippen molar-refractivity contribution in [3.63, 3.8) is 0 Å². The van der Waals surface area contributed by atoms with E-state index in [4.69, 9.17) is 0 Å². The van der Waals surface area contributed by atoms with Crippen LogP contribution in [0, 0.1) is 0 Å². The number of carbonyl (C=O) groups is 2. The fourth-order valence-corrected chi connectivity index (χ4v) is 2.49. The lowest BCUT2D eigenvalue weighted by Crippen LogP contribution is -2.54. The first-order chi connectivity index (χ1) is 9.47. The number of nitrogens with one attached hydrogen (secondary N) is 1. The van der Waals surface area contributed by atoms with Gasteiger partial charge in [0.15, 0.2) is 0 Å². The van der Waals surface area contributed by atoms with Crippen LogP contribution in [0.3, 0.4) is 0 Å². The summed E-state index contributed by atoms with van der Waals surface area (Å²) in [5, 5.41) is 2.81. The molecule has 1 aromatic carbocycles. The molecule has 0 radical (unpaired) electrons. The number of benzene rings is 1. The highest BCUT2D eigenvalue weighted by atomic mass is 16.2. The van der Waals surface area contributed by atoms with Gasteiger partial charge in [0.25, 0.3) is 11.8 Å². The van der Waals surface area contributed by atoms with Gasteiger partial charge in [0, 0.05) is 6.54 Å². The normalized spacial score (nSPS) is 17.4. The third-order valence-electron chi connectivity index (χ3n) is 3.63. The van der Waals surface area contributed by atoms with Crippen molar-refractivity contribution in [3.8, 4) is 0 Å². The molecule has 1 heterocycles. The zero-order valence-electron chi connectivity index (χ0n) is 12.4. The van der Waals surface area contributed by atoms with Crippen LogP contribution in [0.25, 0.3) is 0 Å². The van der Waals surface area contributed by atoms with Gasteiger partial charge in [-0.3, -0.25) is 9.59 Å². The Kier molecular flexibility index (Phi) is 4.12. The van der Waals surface area contributed by atoms with Gasteiger partial charge >= 0.3 is 0 Å². The largest absolute Gasteiger partial charge is 0.338 e. The van der Waals surface area contributed by atoms with Gasteiger partial charge in [-0.05, 0) is 32.4 Å². The van der Waals surface area contributed by atoms with Crippen LogP contribution in [0.4, 0.5) is 5.69 Å². The SMILES string of the molecule is CCCCCN1C(=O)C(C)(C)NC(=O)c2ccccc21. The first-order valence-electron chi connectivity index (χ1n) is 7.21. The molecule has 0 saturated carbocycles. The highest BCUT2D eigenvalue weighted by Gasteiger charge is 2.38. The van der Waals surface area contributed by atoms with E-state index in [1.165, 1.54) is 0 Å². The summed E-state index contributed by atoms with van der Waals surface area (Å²) >= 11 is 0. The van der Waals surface area contributed by atoms with E-state index in [0.29, 0.717) is 12.1 Å². The van der Waals surface area contributed by atoms with Crippen LogP contribution < -0.4 is 10.2 Å². The van der Waals surface area contributed by atoms with Gasteiger partial charge in [0.1, 0.15) is 5.54 Å². The minimum atomic E-state index is -0.873. The molecule has 4 heteroatoms. The molecule has 1 N–H and O–H groups in total. The maximum Gasteiger partial charge on any atom is 0.254 e. The third-order valence-corrected chi connectivity index (χ3v) is 3.63. The van der Waals surface area contributed by atoms with E-state index < -0.39 is 5.54 Å². The number of hydrogen-bond acceptors (Lipinski definition) is 2. The zero-order chi connectivity index (χ0) is 14.8. The van der Waals surface area contributed by atoms with Crippen LogP contribution >= 0.6 is 0 Å². The Morgan fingerprint density at radius 1 is 1.15 bits per heavy atom. The van der Waals surface area contributed by atoms with E-state index in [1.807, 2.05) is 18.2 Å². The second kappa shape index (κ2) is 5.65. The minimum absolute atomic E-state index is 0.0492. The average Bonchev–Trinajstić information content (AvgIpc) is 2.48. The van der Waals surface area contributed by atoms with Crippen molar-refractivity contribution < 1.29 is 9.59 Å². The van der Waals surface area contributed by atoms with Crippen molar-refractivity contribution >= 4 is 17.5 Å². The van der Waals surface area contributed by atoms with Crippen LogP contribution in [0.1, 0.15) is 50.4 Å². The van der Waals surface area contributed by atoms with Crippen LogP contribution in [0.15, 0.2) is 24.3 Å². The number of fused-ring (bicyclic) bond motifs is 1. The quantitative estimate of drug-likeness (QED) is 0.858. The van der Waals surface area contributed by atoms with Crippen molar-refractivity contribution in [2.45, 2.75) is 45.6 Å². The van der Waals surface area contributed by atoms with E-state index in [9.17, 15) is 9.59 Å². The summed E-state index contributed by atoms with van der Waals surface area (Å²) in [7, 11) is 0. The third kappa shape index (κ3) is 2.69. The molecule has 0 aliphatic carbocycles. The summed E-state index contributed by atoms with van der Waals surface area (Å²) in [4.78, 5) is 26.7. The standard InChI is InChI=1S/C16H22N2O2/c1-4-5-8-11-18-13-10-7-6-9-12(13)14(19)17-16(2,3)15(18)20/h6-7,9-10H,4-5,8,11H2,1-3H3,(H,17,19). The van der Waals surface area contributed by atoms with Crippen molar-refractivity contribution in [2.24, 2.45) is 0 Å². The second-order valence-corrected chi connectivity index (χ2v) is 5.76. The summed E-state index contributed by atoms with van der Waals surface area (Å²) in [6.45, 7) is 6.30. The van der Waals surface area contributed by atoms with Gasteiger partial charge in [0.2, 0.25) is 0 Å². The van der Waals surface area contributed by atoms with Gasteiger partial charge in [-0.15, -0.1) is 0 Å². The molecule has 0 spiro atoms. The van der Waals surface area contributed by atoms with Gasteiger partial charge in [-0.25, -0.2) is 0 Å². The molecule has 0 unspecified atom stereocenters. The highest BCUT2D eigenvalue weighted by molar-refractivity contribution is 6.12. The molecule has 2 rings (SSSR count). The molecule has 20 heavy (non-hydrogen) atoms. The van der Waals surface area contributed by atoms with Crippen molar-refractivity contribution in [3.05, 3.63) is 29.8 Å². The molecule has 0 bridgehead atoms. The number of unbranched alkanes of at least 4 members (excludes halogenated alkanes) is 2. The Hall–Kier alpha value is -1.84. The molecular formula is C16H22N2O2. The average molecular weight is 274 g/mol. The number of anilines is 1. The van der Waals surface area contributed by atoms with Crippen LogP contribution in [-0.4, -0.2) is 23.9 Å². The molecule has 4 nitrogen and oxygen atoms in total. The smallest absolute Gasteiger partial charge is 0.254 e. The summed E-state index contributed by atoms with van der Waals surface area (Å²) in [5.74, 6) is -0.233. The predicted octanol–water partition coefficient (Wildman–Crippen LogP) is 2.73. The maximum atomic E-state index is 12.7. The van der Waals surface area contributed by atoms with E-state index in [-0.39, 0.29) is 11.8 Å². The lowest BCUT2D eigenvalue weighted by Gasteiger charge is -2.29. The lowest BCUT2D eigenvalue weighted by molar-refractivity contribution is -0.123. The maximum absolute atomic E-state index is 12.7. The Balaban J connectivity index is 2.41. The van der Waals surface area contributed by atoms with Crippen molar-refractivity contribution in [2.75, 3.05) is 11.4 Å². The van der Waals surface area contributed by atoms with Crippen LogP contribution in [0.2, 0.25) is 0 Å². The Morgan fingerprint density at radius 2 is 1.85 bits per heavy atom. The molecule has 0 saturated heterocycles. The fourth-order valence-electron chi connectivity index (χ4n) is 2.49. The van der Waals surface area contributed by atoms with Gasteiger partial charge in [-0.1, -0.05) is 31.9 Å². The first kappa shape index (κ1) is 14.6. The molecule has 0 atom stereocenters. The van der Waals surface area contributed by atoms with Gasteiger partial charge in [-0.2, -0.15) is 0 Å². The Bertz CT molecular complexity index is 523. The number of amides is 2. The molecule has 1 aliphatic heterocycles. The zero-order valence-corrected chi connectivity index (χ0v) is 12.4. The Morgan fingerprint density at radius 3 is 2.55 bits per heavy atom. The summed E-state index contributed by atoms with van der Waals surface area (Å²) < 4.78 is 0. The van der Waals surface area contributed by atoms with Crippen LogP contribution in [0.5, 0.6) is 0 Å². The number of carbonyl (C=O) groups excluding carboxylic acids is 2.